The number of hydrogen-bond acceptors (Lipinski definition) is 5. The molecule has 0 atom stereocenters. The van der Waals surface area contributed by atoms with Crippen molar-refractivity contribution in [2.75, 3.05) is 0 Å². The van der Waals surface area contributed by atoms with Gasteiger partial charge in [0.1, 0.15) is 12.2 Å². The average Bonchev–Trinajstić information content (AvgIpc) is 2.74. The minimum Gasteiger partial charge on any atom is -0.325 e. The number of nitriles is 1. The predicted octanol–water partition coefficient (Wildman–Crippen LogP) is 0.322. The van der Waals surface area contributed by atoms with Gasteiger partial charge in [0, 0.05) is 24.5 Å². The van der Waals surface area contributed by atoms with Crippen LogP contribution < -0.4 is 5.73 Å². The Hall–Kier alpha value is -2.26. The van der Waals surface area contributed by atoms with E-state index in [4.69, 9.17) is 11.0 Å². The maximum Gasteiger partial charge on any atom is 0.130 e. The highest BCUT2D eigenvalue weighted by molar-refractivity contribution is 5.61. The summed E-state index contributed by atoms with van der Waals surface area (Å²) >= 11 is 0. The second-order valence-electron chi connectivity index (χ2n) is 3.14. The van der Waals surface area contributed by atoms with Crippen molar-refractivity contribution in [3.05, 3.63) is 30.2 Å². The van der Waals surface area contributed by atoms with E-state index in [2.05, 4.69) is 15.3 Å². The number of hydrogen-bond donors (Lipinski definition) is 1. The van der Waals surface area contributed by atoms with Crippen LogP contribution in [0.1, 0.15) is 5.69 Å². The molecule has 2 aromatic heterocycles. The van der Waals surface area contributed by atoms with Crippen molar-refractivity contribution < 1.29 is 0 Å². The molecule has 0 aliphatic carbocycles. The summed E-state index contributed by atoms with van der Waals surface area (Å²) in [5.74, 6) is 0. The molecule has 0 saturated heterocycles. The van der Waals surface area contributed by atoms with Gasteiger partial charge in [-0.25, -0.2) is 4.68 Å². The van der Waals surface area contributed by atoms with Crippen molar-refractivity contribution in [2.45, 2.75) is 13.1 Å². The quantitative estimate of drug-likeness (QED) is 0.794. The second kappa shape index (κ2) is 4.51. The molecular weight excluding hydrogens is 204 g/mol. The fourth-order valence-corrected chi connectivity index (χ4v) is 1.49. The van der Waals surface area contributed by atoms with E-state index < -0.39 is 0 Å². The molecule has 2 heterocycles. The summed E-state index contributed by atoms with van der Waals surface area (Å²) in [6.45, 7) is 0.452. The first-order chi connectivity index (χ1) is 7.86. The predicted molar refractivity (Wildman–Crippen MR) is 56.8 cm³/mol. The van der Waals surface area contributed by atoms with E-state index >= 15 is 0 Å². The molecule has 0 radical (unpaired) electrons. The van der Waals surface area contributed by atoms with Crippen LogP contribution in [-0.2, 0) is 13.1 Å². The zero-order valence-electron chi connectivity index (χ0n) is 8.54. The normalized spacial score (nSPS) is 10.0. The molecule has 0 bridgehead atoms. The molecule has 80 valence electrons. The lowest BCUT2D eigenvalue weighted by Gasteiger charge is -2.03. The van der Waals surface area contributed by atoms with E-state index in [1.807, 2.05) is 18.2 Å². The van der Waals surface area contributed by atoms with Gasteiger partial charge in [0.05, 0.1) is 11.8 Å². The smallest absolute Gasteiger partial charge is 0.130 e. The summed E-state index contributed by atoms with van der Waals surface area (Å²) in [5, 5.41) is 16.5. The minimum atomic E-state index is 0.157. The van der Waals surface area contributed by atoms with Gasteiger partial charge in [0.15, 0.2) is 0 Å². The first-order valence-corrected chi connectivity index (χ1v) is 4.76. The van der Waals surface area contributed by atoms with Gasteiger partial charge in [0.2, 0.25) is 0 Å². The lowest BCUT2D eigenvalue weighted by atomic mass is 10.1. The van der Waals surface area contributed by atoms with Gasteiger partial charge in [-0.05, 0) is 12.1 Å². The molecule has 0 saturated carbocycles. The van der Waals surface area contributed by atoms with Gasteiger partial charge in [-0.15, -0.1) is 5.10 Å². The van der Waals surface area contributed by atoms with Gasteiger partial charge in [-0.3, -0.25) is 4.98 Å². The summed E-state index contributed by atoms with van der Waals surface area (Å²) in [7, 11) is 0. The van der Waals surface area contributed by atoms with Crippen molar-refractivity contribution in [1.29, 1.82) is 5.26 Å². The Labute approximate surface area is 92.3 Å². The number of nitrogens with zero attached hydrogens (tertiary/aromatic N) is 5. The molecule has 2 N–H and O–H groups in total. The van der Waals surface area contributed by atoms with Crippen LogP contribution in [0.5, 0.6) is 0 Å². The molecule has 0 fully saturated rings. The van der Waals surface area contributed by atoms with Crippen LogP contribution in [0, 0.1) is 11.3 Å². The zero-order valence-corrected chi connectivity index (χ0v) is 8.54. The number of aromatic nitrogens is 4. The van der Waals surface area contributed by atoms with E-state index in [0.29, 0.717) is 12.2 Å². The Morgan fingerprint density at radius 2 is 2.12 bits per heavy atom. The molecule has 16 heavy (non-hydrogen) atoms. The highest BCUT2D eigenvalue weighted by Gasteiger charge is 2.12. The first-order valence-electron chi connectivity index (χ1n) is 4.76. The van der Waals surface area contributed by atoms with Crippen LogP contribution >= 0.6 is 0 Å². The van der Waals surface area contributed by atoms with E-state index in [0.717, 1.165) is 11.3 Å². The largest absolute Gasteiger partial charge is 0.325 e. The Balaban J connectivity index is 2.53. The number of rotatable bonds is 3. The van der Waals surface area contributed by atoms with Crippen molar-refractivity contribution in [2.24, 2.45) is 5.73 Å². The van der Waals surface area contributed by atoms with Crippen LogP contribution in [0.25, 0.3) is 11.3 Å². The van der Waals surface area contributed by atoms with Crippen LogP contribution in [0.3, 0.4) is 0 Å². The molecule has 2 aromatic rings. The number of pyridine rings is 1. The lowest BCUT2D eigenvalue weighted by molar-refractivity contribution is 0.673. The minimum absolute atomic E-state index is 0.157. The fraction of sp³-hybridized carbons (Fsp3) is 0.200. The van der Waals surface area contributed by atoms with Gasteiger partial charge in [-0.2, -0.15) is 5.26 Å². The average molecular weight is 214 g/mol. The molecule has 6 heteroatoms. The van der Waals surface area contributed by atoms with Crippen molar-refractivity contribution >= 4 is 0 Å². The molecular formula is C10H10N6. The number of nitrogens with two attached hydrogens (primary N) is 1. The van der Waals surface area contributed by atoms with Crippen molar-refractivity contribution in [3.8, 4) is 17.3 Å². The summed E-state index contributed by atoms with van der Waals surface area (Å²) in [4.78, 5) is 3.94. The van der Waals surface area contributed by atoms with Crippen LogP contribution in [0.4, 0.5) is 0 Å². The lowest BCUT2D eigenvalue weighted by Crippen LogP contribution is -2.03. The van der Waals surface area contributed by atoms with Crippen LogP contribution in [-0.4, -0.2) is 20.0 Å². The van der Waals surface area contributed by atoms with Crippen LogP contribution in [0.2, 0.25) is 0 Å². The Kier molecular flexibility index (Phi) is 2.89. The summed E-state index contributed by atoms with van der Waals surface area (Å²) in [6, 6.07) is 5.71. The summed E-state index contributed by atoms with van der Waals surface area (Å²) in [5.41, 5.74) is 7.96. The van der Waals surface area contributed by atoms with Gasteiger partial charge in [0.25, 0.3) is 0 Å². The highest BCUT2D eigenvalue weighted by Crippen LogP contribution is 2.20. The van der Waals surface area contributed by atoms with E-state index in [1.165, 1.54) is 4.68 Å². The highest BCUT2D eigenvalue weighted by atomic mass is 15.4. The Bertz CT molecular complexity index is 510. The fourth-order valence-electron chi connectivity index (χ4n) is 1.49. The Morgan fingerprint density at radius 1 is 1.38 bits per heavy atom. The van der Waals surface area contributed by atoms with E-state index in [-0.39, 0.29) is 6.54 Å². The zero-order chi connectivity index (χ0) is 11.4. The van der Waals surface area contributed by atoms with Crippen molar-refractivity contribution in [1.82, 2.24) is 20.0 Å². The molecule has 0 spiro atoms. The summed E-state index contributed by atoms with van der Waals surface area (Å²) in [6.07, 6.45) is 3.36. The Morgan fingerprint density at radius 3 is 2.75 bits per heavy atom. The third-order valence-corrected chi connectivity index (χ3v) is 2.17. The standard InChI is InChI=1S/C10H10N6/c11-3-6-16-10(9(7-12)14-15-16)8-1-4-13-5-2-8/h1-2,4-5H,6-7,12H2. The third kappa shape index (κ3) is 1.76. The SMILES string of the molecule is N#CCn1nnc(CN)c1-c1ccncc1. The molecule has 0 amide bonds. The maximum atomic E-state index is 8.69. The van der Waals surface area contributed by atoms with Gasteiger partial charge in [-0.1, -0.05) is 5.21 Å². The molecule has 0 aliphatic rings. The van der Waals surface area contributed by atoms with E-state index in [1.54, 1.807) is 12.4 Å². The molecule has 2 rings (SSSR count). The maximum absolute atomic E-state index is 8.69. The van der Waals surface area contributed by atoms with Crippen molar-refractivity contribution in [3.63, 3.8) is 0 Å². The molecule has 0 aliphatic heterocycles. The summed E-state index contributed by atoms with van der Waals surface area (Å²) < 4.78 is 1.54. The van der Waals surface area contributed by atoms with E-state index in [9.17, 15) is 0 Å². The van der Waals surface area contributed by atoms with Gasteiger partial charge < -0.3 is 5.73 Å². The van der Waals surface area contributed by atoms with Gasteiger partial charge >= 0.3 is 0 Å². The topological polar surface area (TPSA) is 93.4 Å². The van der Waals surface area contributed by atoms with Crippen LogP contribution in [0.15, 0.2) is 24.5 Å². The first kappa shape index (κ1) is 10.3. The second-order valence-corrected chi connectivity index (χ2v) is 3.14. The molecule has 0 aromatic carbocycles. The molecule has 6 nitrogen and oxygen atoms in total. The molecule has 0 unspecified atom stereocenters. The third-order valence-electron chi connectivity index (χ3n) is 2.17. The monoisotopic (exact) mass is 214 g/mol.